The van der Waals surface area contributed by atoms with Crippen molar-refractivity contribution in [3.05, 3.63) is 27.9 Å². The van der Waals surface area contributed by atoms with E-state index in [1.165, 1.54) is 13.0 Å². The van der Waals surface area contributed by atoms with Gasteiger partial charge in [-0.05, 0) is 13.3 Å². The molecule has 1 rings (SSSR count). The van der Waals surface area contributed by atoms with Crippen molar-refractivity contribution >= 4 is 9.84 Å². The molecule has 1 heterocycles. The standard InChI is InChI=1S/C10H16N2O3S/c1-4-5-8-6-9(13)12-10(11-8)7(2)16(3,14)15/h6-7H,4-5H2,1-3H3,(H,11,12,13). The highest BCUT2D eigenvalue weighted by molar-refractivity contribution is 7.90. The molecule has 1 atom stereocenters. The van der Waals surface area contributed by atoms with Crippen LogP contribution in [0.15, 0.2) is 10.9 Å². The Hall–Kier alpha value is -1.17. The van der Waals surface area contributed by atoms with Crippen molar-refractivity contribution in [1.29, 1.82) is 0 Å². The maximum absolute atomic E-state index is 11.4. The summed E-state index contributed by atoms with van der Waals surface area (Å²) < 4.78 is 22.7. The molecule has 1 aromatic rings. The third-order valence-electron chi connectivity index (χ3n) is 2.35. The second kappa shape index (κ2) is 4.78. The van der Waals surface area contributed by atoms with E-state index in [2.05, 4.69) is 9.97 Å². The first kappa shape index (κ1) is 12.9. The van der Waals surface area contributed by atoms with E-state index in [-0.39, 0.29) is 11.4 Å². The molecular weight excluding hydrogens is 228 g/mol. The lowest BCUT2D eigenvalue weighted by atomic mass is 10.2. The molecule has 90 valence electrons. The largest absolute Gasteiger partial charge is 0.309 e. The summed E-state index contributed by atoms with van der Waals surface area (Å²) in [7, 11) is -3.24. The monoisotopic (exact) mass is 244 g/mol. The van der Waals surface area contributed by atoms with Gasteiger partial charge in [-0.3, -0.25) is 4.79 Å². The first-order chi connectivity index (χ1) is 7.34. The van der Waals surface area contributed by atoms with E-state index in [0.717, 1.165) is 12.7 Å². The van der Waals surface area contributed by atoms with Crippen molar-refractivity contribution in [3.63, 3.8) is 0 Å². The minimum atomic E-state index is -3.24. The van der Waals surface area contributed by atoms with Crippen LogP contribution in [0, 0.1) is 0 Å². The number of aryl methyl sites for hydroxylation is 1. The van der Waals surface area contributed by atoms with Crippen molar-refractivity contribution in [3.8, 4) is 0 Å². The molecule has 0 fully saturated rings. The predicted octanol–water partition coefficient (Wildman–Crippen LogP) is 0.828. The molecule has 6 heteroatoms. The van der Waals surface area contributed by atoms with Gasteiger partial charge in [-0.1, -0.05) is 13.3 Å². The van der Waals surface area contributed by atoms with Crippen LogP contribution in [0.1, 0.15) is 37.0 Å². The molecule has 0 saturated heterocycles. The van der Waals surface area contributed by atoms with Crippen LogP contribution in [-0.4, -0.2) is 24.6 Å². The quantitative estimate of drug-likeness (QED) is 0.850. The van der Waals surface area contributed by atoms with E-state index in [1.807, 2.05) is 6.92 Å². The molecule has 1 unspecified atom stereocenters. The van der Waals surface area contributed by atoms with Gasteiger partial charge in [-0.15, -0.1) is 0 Å². The molecule has 16 heavy (non-hydrogen) atoms. The molecule has 1 aromatic heterocycles. The molecule has 0 aliphatic rings. The van der Waals surface area contributed by atoms with Gasteiger partial charge in [0, 0.05) is 18.0 Å². The molecule has 0 saturated carbocycles. The van der Waals surface area contributed by atoms with E-state index in [9.17, 15) is 13.2 Å². The molecule has 0 aromatic carbocycles. The SMILES string of the molecule is CCCc1cc(=O)[nH]c(C(C)S(C)(=O)=O)n1. The van der Waals surface area contributed by atoms with Crippen molar-refractivity contribution in [2.45, 2.75) is 31.9 Å². The Balaban J connectivity index is 3.20. The number of hydrogen-bond donors (Lipinski definition) is 1. The molecule has 0 spiro atoms. The summed E-state index contributed by atoms with van der Waals surface area (Å²) in [5.74, 6) is 0.221. The van der Waals surface area contributed by atoms with Crippen molar-refractivity contribution in [2.75, 3.05) is 6.26 Å². The summed E-state index contributed by atoms with van der Waals surface area (Å²) in [6.07, 6.45) is 2.67. The van der Waals surface area contributed by atoms with Crippen LogP contribution in [-0.2, 0) is 16.3 Å². The number of H-pyrrole nitrogens is 1. The fourth-order valence-corrected chi connectivity index (χ4v) is 1.83. The average molecular weight is 244 g/mol. The van der Waals surface area contributed by atoms with Crippen LogP contribution in [0.3, 0.4) is 0 Å². The van der Waals surface area contributed by atoms with Crippen LogP contribution in [0.2, 0.25) is 0 Å². The Labute approximate surface area is 94.8 Å². The van der Waals surface area contributed by atoms with Gasteiger partial charge < -0.3 is 4.98 Å². The van der Waals surface area contributed by atoms with E-state index < -0.39 is 15.1 Å². The zero-order valence-electron chi connectivity index (χ0n) is 9.65. The van der Waals surface area contributed by atoms with E-state index in [1.54, 1.807) is 0 Å². The Morgan fingerprint density at radius 1 is 1.50 bits per heavy atom. The number of aromatic nitrogens is 2. The summed E-state index contributed by atoms with van der Waals surface area (Å²) in [5, 5.41) is -0.781. The summed E-state index contributed by atoms with van der Waals surface area (Å²) >= 11 is 0. The Morgan fingerprint density at radius 3 is 2.62 bits per heavy atom. The van der Waals surface area contributed by atoms with Crippen LogP contribution in [0.4, 0.5) is 0 Å². The van der Waals surface area contributed by atoms with E-state index in [4.69, 9.17) is 0 Å². The molecule has 0 radical (unpaired) electrons. The van der Waals surface area contributed by atoms with Crippen LogP contribution >= 0.6 is 0 Å². The Morgan fingerprint density at radius 2 is 2.12 bits per heavy atom. The number of nitrogens with zero attached hydrogens (tertiary/aromatic N) is 1. The van der Waals surface area contributed by atoms with Crippen LogP contribution in [0.5, 0.6) is 0 Å². The molecule has 0 aliphatic carbocycles. The Kier molecular flexibility index (Phi) is 3.85. The highest BCUT2D eigenvalue weighted by Gasteiger charge is 2.20. The third kappa shape index (κ3) is 3.16. The molecule has 0 bridgehead atoms. The van der Waals surface area contributed by atoms with Gasteiger partial charge in [0.2, 0.25) is 0 Å². The molecular formula is C10H16N2O3S. The second-order valence-corrected chi connectivity index (χ2v) is 6.21. The maximum atomic E-state index is 11.4. The lowest BCUT2D eigenvalue weighted by Gasteiger charge is -2.09. The molecule has 5 nitrogen and oxygen atoms in total. The van der Waals surface area contributed by atoms with Gasteiger partial charge >= 0.3 is 0 Å². The summed E-state index contributed by atoms with van der Waals surface area (Å²) in [6.45, 7) is 3.49. The zero-order valence-corrected chi connectivity index (χ0v) is 10.5. The van der Waals surface area contributed by atoms with Gasteiger partial charge in [0.15, 0.2) is 9.84 Å². The molecule has 0 aliphatic heterocycles. The summed E-state index contributed by atoms with van der Waals surface area (Å²) in [4.78, 5) is 17.9. The molecule has 0 amide bonds. The van der Waals surface area contributed by atoms with E-state index in [0.29, 0.717) is 12.1 Å². The van der Waals surface area contributed by atoms with Gasteiger partial charge in [-0.2, -0.15) is 0 Å². The number of aromatic amines is 1. The van der Waals surface area contributed by atoms with Gasteiger partial charge in [-0.25, -0.2) is 13.4 Å². The third-order valence-corrected chi connectivity index (χ3v) is 3.85. The lowest BCUT2D eigenvalue weighted by Crippen LogP contribution is -2.18. The summed E-state index contributed by atoms with van der Waals surface area (Å²) in [6, 6.07) is 1.40. The minimum Gasteiger partial charge on any atom is -0.309 e. The number of nitrogens with one attached hydrogen (secondary N) is 1. The van der Waals surface area contributed by atoms with Gasteiger partial charge in [0.25, 0.3) is 5.56 Å². The maximum Gasteiger partial charge on any atom is 0.251 e. The number of sulfone groups is 1. The zero-order chi connectivity index (χ0) is 12.3. The van der Waals surface area contributed by atoms with Crippen molar-refractivity contribution in [2.24, 2.45) is 0 Å². The topological polar surface area (TPSA) is 79.9 Å². The fourth-order valence-electron chi connectivity index (χ4n) is 1.31. The van der Waals surface area contributed by atoms with E-state index >= 15 is 0 Å². The average Bonchev–Trinajstić information content (AvgIpc) is 2.14. The lowest BCUT2D eigenvalue weighted by molar-refractivity contribution is 0.588. The highest BCUT2D eigenvalue weighted by atomic mass is 32.2. The summed E-state index contributed by atoms with van der Waals surface area (Å²) in [5.41, 5.74) is 0.334. The first-order valence-corrected chi connectivity index (χ1v) is 7.09. The first-order valence-electron chi connectivity index (χ1n) is 5.13. The normalized spacial score (nSPS) is 13.7. The fraction of sp³-hybridized carbons (Fsp3) is 0.600. The predicted molar refractivity (Wildman–Crippen MR) is 62.1 cm³/mol. The van der Waals surface area contributed by atoms with Crippen molar-refractivity contribution < 1.29 is 8.42 Å². The van der Waals surface area contributed by atoms with Crippen LogP contribution < -0.4 is 5.56 Å². The van der Waals surface area contributed by atoms with Crippen LogP contribution in [0.25, 0.3) is 0 Å². The Bertz CT molecular complexity index is 519. The van der Waals surface area contributed by atoms with Crippen molar-refractivity contribution in [1.82, 2.24) is 9.97 Å². The minimum absolute atomic E-state index is 0.221. The molecule has 1 N–H and O–H groups in total. The number of hydrogen-bond acceptors (Lipinski definition) is 4. The van der Waals surface area contributed by atoms with Gasteiger partial charge in [0.1, 0.15) is 11.1 Å². The second-order valence-electron chi connectivity index (χ2n) is 3.84. The highest BCUT2D eigenvalue weighted by Crippen LogP contribution is 2.15. The smallest absolute Gasteiger partial charge is 0.251 e. The number of rotatable bonds is 4. The van der Waals surface area contributed by atoms with Gasteiger partial charge in [0.05, 0.1) is 0 Å².